The van der Waals surface area contributed by atoms with E-state index in [2.05, 4.69) is 6.07 Å². The van der Waals surface area contributed by atoms with Crippen LogP contribution in [-0.2, 0) is 5.41 Å². The number of nitriles is 1. The van der Waals surface area contributed by atoms with E-state index in [0.29, 0.717) is 21.7 Å². The van der Waals surface area contributed by atoms with Gasteiger partial charge < -0.3 is 14.8 Å². The van der Waals surface area contributed by atoms with E-state index in [1.54, 1.807) is 18.4 Å². The fourth-order valence-electron chi connectivity index (χ4n) is 3.98. The van der Waals surface area contributed by atoms with E-state index in [9.17, 15) is 33.4 Å². The molecule has 4 rings (SSSR count). The Hall–Kier alpha value is -3.77. The molecule has 0 atom stereocenters. The second kappa shape index (κ2) is 7.98. The fraction of sp³-hybridized carbons (Fsp3) is 0.167. The Kier molecular flexibility index (Phi) is 5.42. The summed E-state index contributed by atoms with van der Waals surface area (Å²) in [6, 6.07) is 10.7. The molecule has 2 aromatic heterocycles. The van der Waals surface area contributed by atoms with Crippen LogP contribution in [-0.4, -0.2) is 20.7 Å². The van der Waals surface area contributed by atoms with E-state index in [-0.39, 0.29) is 22.4 Å². The molecule has 4 aromatic rings. The monoisotopic (exact) mass is 470 g/mol. The molecule has 5 nitrogen and oxygen atoms in total. The number of aromatic nitrogens is 1. The number of aromatic carboxylic acids is 1. The lowest BCUT2D eigenvalue weighted by Crippen LogP contribution is -2.21. The molecular formula is C24H17F3N2O3S. The Morgan fingerprint density at radius 1 is 1.09 bits per heavy atom. The number of phenolic OH excluding ortho intramolecular Hbond substituents is 1. The second-order valence-corrected chi connectivity index (χ2v) is 9.22. The van der Waals surface area contributed by atoms with Crippen molar-refractivity contribution in [2.24, 2.45) is 0 Å². The fourth-order valence-corrected chi connectivity index (χ4v) is 4.88. The van der Waals surface area contributed by atoms with Crippen molar-refractivity contribution in [2.75, 3.05) is 0 Å². The van der Waals surface area contributed by atoms with Crippen molar-refractivity contribution in [3.63, 3.8) is 0 Å². The average molecular weight is 470 g/mol. The van der Waals surface area contributed by atoms with Gasteiger partial charge in [0.2, 0.25) is 0 Å². The van der Waals surface area contributed by atoms with Crippen LogP contribution in [0.4, 0.5) is 13.2 Å². The van der Waals surface area contributed by atoms with E-state index < -0.39 is 34.6 Å². The lowest BCUT2D eigenvalue weighted by Gasteiger charge is -2.26. The van der Waals surface area contributed by atoms with Gasteiger partial charge >= 0.3 is 5.97 Å². The number of fused-ring (bicyclic) bond motifs is 1. The maximum atomic E-state index is 14.5. The number of hydrogen-bond donors (Lipinski definition) is 2. The minimum Gasteiger partial charge on any atom is -0.504 e. The number of thiophene rings is 1. The van der Waals surface area contributed by atoms with Crippen LogP contribution in [0.3, 0.4) is 0 Å². The van der Waals surface area contributed by atoms with E-state index in [1.165, 1.54) is 24.3 Å². The smallest absolute Gasteiger partial charge is 0.345 e. The Bertz CT molecular complexity index is 1460. The summed E-state index contributed by atoms with van der Waals surface area (Å²) < 4.78 is 43.9. The summed E-state index contributed by atoms with van der Waals surface area (Å²) in [4.78, 5) is 11.9. The summed E-state index contributed by atoms with van der Waals surface area (Å²) >= 11 is 0.923. The van der Waals surface area contributed by atoms with E-state index in [4.69, 9.17) is 0 Å². The number of carboxylic acid groups (broad SMARTS) is 1. The van der Waals surface area contributed by atoms with Gasteiger partial charge in [0.25, 0.3) is 0 Å². The number of hydrogen-bond acceptors (Lipinski definition) is 4. The van der Waals surface area contributed by atoms with Crippen molar-refractivity contribution in [1.29, 1.82) is 5.26 Å². The normalized spacial score (nSPS) is 11.6. The molecule has 2 heterocycles. The molecule has 0 aliphatic heterocycles. The number of benzene rings is 2. The van der Waals surface area contributed by atoms with Crippen LogP contribution in [0.25, 0.3) is 27.0 Å². The molecule has 0 radical (unpaired) electrons. The van der Waals surface area contributed by atoms with Gasteiger partial charge in [-0.3, -0.25) is 0 Å². The zero-order valence-electron chi connectivity index (χ0n) is 17.5. The third kappa shape index (κ3) is 3.62. The Morgan fingerprint density at radius 3 is 2.39 bits per heavy atom. The van der Waals surface area contributed by atoms with Crippen LogP contribution >= 0.6 is 11.3 Å². The first-order valence-electron chi connectivity index (χ1n) is 9.79. The zero-order valence-corrected chi connectivity index (χ0v) is 18.3. The quantitative estimate of drug-likeness (QED) is 0.355. The van der Waals surface area contributed by atoms with Gasteiger partial charge in [-0.1, -0.05) is 13.8 Å². The van der Waals surface area contributed by atoms with Crippen LogP contribution in [0.1, 0.15) is 35.6 Å². The van der Waals surface area contributed by atoms with Crippen LogP contribution < -0.4 is 0 Å². The number of carboxylic acids is 1. The lowest BCUT2D eigenvalue weighted by molar-refractivity contribution is 0.0702. The number of nitrogens with zero attached hydrogens (tertiary/aromatic N) is 2. The average Bonchev–Trinajstić information content (AvgIpc) is 3.36. The van der Waals surface area contributed by atoms with Gasteiger partial charge in [-0.25, -0.2) is 18.0 Å². The predicted octanol–water partition coefficient (Wildman–Crippen LogP) is 6.37. The summed E-state index contributed by atoms with van der Waals surface area (Å²) in [6.45, 7) is 3.51. The number of carbonyl (C=O) groups is 1. The zero-order chi connectivity index (χ0) is 24.1. The summed E-state index contributed by atoms with van der Waals surface area (Å²) in [6.07, 6.45) is 0.000402. The number of aromatic hydroxyl groups is 1. The first-order valence-corrected chi connectivity index (χ1v) is 10.6. The summed E-state index contributed by atoms with van der Waals surface area (Å²) in [5, 5.41) is 29.6. The molecule has 2 N–H and O–H groups in total. The number of phenols is 1. The largest absolute Gasteiger partial charge is 0.504 e. The van der Waals surface area contributed by atoms with Crippen molar-refractivity contribution < 1.29 is 28.2 Å². The van der Waals surface area contributed by atoms with Crippen LogP contribution in [0.5, 0.6) is 5.75 Å². The molecule has 0 saturated heterocycles. The molecule has 0 fully saturated rings. The standard InChI is InChI=1S/C24H17F3N2O3S/c1-24(2,9-10-28)22-20(17-7-8-18(33-17)23(31)32)19-16(6-5-14(26)21(19)30)29(22)12-3-4-13(25)15(27)11-12/h3-8,11,30H,9H2,1-2H3,(H,31,32). The molecule has 9 heteroatoms. The van der Waals surface area contributed by atoms with Gasteiger partial charge in [0, 0.05) is 39.7 Å². The molecule has 0 unspecified atom stereocenters. The van der Waals surface area contributed by atoms with Crippen LogP contribution in [0.15, 0.2) is 42.5 Å². The molecule has 0 aliphatic carbocycles. The molecule has 0 saturated carbocycles. The maximum absolute atomic E-state index is 14.5. The minimum atomic E-state index is -1.15. The summed E-state index contributed by atoms with van der Waals surface area (Å²) in [5.74, 6) is -4.86. The molecule has 0 bridgehead atoms. The Labute approximate surface area is 190 Å². The Balaban J connectivity index is 2.23. The molecule has 0 amide bonds. The highest BCUT2D eigenvalue weighted by atomic mass is 32.1. The highest BCUT2D eigenvalue weighted by molar-refractivity contribution is 7.17. The van der Waals surface area contributed by atoms with Crippen molar-refractivity contribution in [2.45, 2.75) is 25.7 Å². The van der Waals surface area contributed by atoms with E-state index >= 15 is 0 Å². The van der Waals surface area contributed by atoms with Crippen LogP contribution in [0.2, 0.25) is 0 Å². The third-order valence-electron chi connectivity index (χ3n) is 5.44. The van der Waals surface area contributed by atoms with E-state index in [1.807, 2.05) is 0 Å². The molecular weight excluding hydrogens is 453 g/mol. The SMILES string of the molecule is CC(C)(CC#N)c1c(-c2ccc(C(=O)O)s2)c2c(O)c(F)ccc2n1-c1ccc(F)c(F)c1. The second-order valence-electron chi connectivity index (χ2n) is 8.14. The van der Waals surface area contributed by atoms with Crippen molar-refractivity contribution in [3.8, 4) is 27.9 Å². The molecule has 2 aromatic carbocycles. The number of halogens is 3. The Morgan fingerprint density at radius 2 is 1.79 bits per heavy atom. The van der Waals surface area contributed by atoms with E-state index in [0.717, 1.165) is 29.5 Å². The van der Waals surface area contributed by atoms with Gasteiger partial charge in [-0.05, 0) is 36.4 Å². The number of rotatable bonds is 5. The van der Waals surface area contributed by atoms with Gasteiger partial charge in [0.05, 0.1) is 17.0 Å². The van der Waals surface area contributed by atoms with Crippen LogP contribution in [0, 0.1) is 28.8 Å². The predicted molar refractivity (Wildman–Crippen MR) is 118 cm³/mol. The minimum absolute atomic E-state index is 0.000402. The van der Waals surface area contributed by atoms with Gasteiger partial charge in [0.15, 0.2) is 23.2 Å². The lowest BCUT2D eigenvalue weighted by atomic mass is 9.83. The molecule has 0 aliphatic rings. The highest BCUT2D eigenvalue weighted by Gasteiger charge is 2.34. The summed E-state index contributed by atoms with van der Waals surface area (Å²) in [5.41, 5.74) is 0.326. The summed E-state index contributed by atoms with van der Waals surface area (Å²) in [7, 11) is 0. The molecule has 33 heavy (non-hydrogen) atoms. The topological polar surface area (TPSA) is 86.2 Å². The third-order valence-corrected chi connectivity index (χ3v) is 6.54. The highest BCUT2D eigenvalue weighted by Crippen LogP contribution is 2.49. The first-order chi connectivity index (χ1) is 15.6. The first kappa shape index (κ1) is 22.4. The van der Waals surface area contributed by atoms with Gasteiger partial charge in [-0.15, -0.1) is 11.3 Å². The molecule has 0 spiro atoms. The van der Waals surface area contributed by atoms with Gasteiger partial charge in [0.1, 0.15) is 4.88 Å². The maximum Gasteiger partial charge on any atom is 0.345 e. The van der Waals surface area contributed by atoms with Crippen molar-refractivity contribution in [1.82, 2.24) is 4.57 Å². The van der Waals surface area contributed by atoms with Gasteiger partial charge in [-0.2, -0.15) is 5.26 Å². The van der Waals surface area contributed by atoms with Crippen molar-refractivity contribution in [3.05, 3.63) is 70.5 Å². The van der Waals surface area contributed by atoms with Crippen molar-refractivity contribution >= 4 is 28.2 Å². The molecule has 168 valence electrons.